The predicted octanol–water partition coefficient (Wildman–Crippen LogP) is 2.48. The highest BCUT2D eigenvalue weighted by molar-refractivity contribution is 9.10. The number of hydrogen-bond acceptors (Lipinski definition) is 4. The van der Waals surface area contributed by atoms with E-state index in [1.807, 2.05) is 0 Å². The third-order valence-corrected chi connectivity index (χ3v) is 4.50. The lowest BCUT2D eigenvalue weighted by atomic mass is 9.99. The van der Waals surface area contributed by atoms with Gasteiger partial charge in [-0.25, -0.2) is 0 Å². The molecule has 1 heterocycles. The molecule has 1 aromatic carbocycles. The Kier molecular flexibility index (Phi) is 4.88. The van der Waals surface area contributed by atoms with Gasteiger partial charge >= 0.3 is 0 Å². The van der Waals surface area contributed by atoms with Gasteiger partial charge in [-0.2, -0.15) is 4.80 Å². The number of likely N-dealkylation sites (N-methyl/N-ethyl adjacent to an activating group) is 1. The monoisotopic (exact) mass is 337 g/mol. The maximum atomic E-state index is 4.27. The van der Waals surface area contributed by atoms with Gasteiger partial charge in [0.2, 0.25) is 0 Å². The summed E-state index contributed by atoms with van der Waals surface area (Å²) in [5.74, 6) is 0.761. The summed E-state index contributed by atoms with van der Waals surface area (Å²) >= 11 is 3.61. The van der Waals surface area contributed by atoms with Gasteiger partial charge in [0.1, 0.15) is 0 Å². The number of nitrogens with zero attached hydrogens (tertiary/aromatic N) is 4. The molecule has 1 N–H and O–H groups in total. The van der Waals surface area contributed by atoms with Crippen LogP contribution in [0.25, 0.3) is 0 Å². The smallest absolute Gasteiger partial charge is 0.176 e. The van der Waals surface area contributed by atoms with E-state index in [1.54, 1.807) is 7.05 Å². The molecule has 1 aromatic heterocycles. The van der Waals surface area contributed by atoms with Crippen molar-refractivity contribution in [3.63, 3.8) is 0 Å². The number of benzene rings is 1. The topological polar surface area (TPSA) is 55.6 Å². The van der Waals surface area contributed by atoms with E-state index in [-0.39, 0.29) is 6.04 Å². The van der Waals surface area contributed by atoms with E-state index in [0.29, 0.717) is 0 Å². The van der Waals surface area contributed by atoms with E-state index in [0.717, 1.165) is 18.8 Å². The Morgan fingerprint density at radius 1 is 1.30 bits per heavy atom. The summed E-state index contributed by atoms with van der Waals surface area (Å²) in [4.78, 5) is 1.50. The number of rotatable bonds is 5. The van der Waals surface area contributed by atoms with Gasteiger partial charge in [-0.15, -0.1) is 10.2 Å². The molecule has 2 rings (SSSR count). The van der Waals surface area contributed by atoms with Crippen molar-refractivity contribution in [3.8, 4) is 0 Å². The number of aryl methyl sites for hydroxylation is 3. The molecule has 1 atom stereocenters. The fraction of sp³-hybridized carbons (Fsp3) is 0.500. The molecule has 0 aliphatic rings. The van der Waals surface area contributed by atoms with E-state index in [4.69, 9.17) is 0 Å². The summed E-state index contributed by atoms with van der Waals surface area (Å²) < 4.78 is 1.18. The van der Waals surface area contributed by atoms with Gasteiger partial charge in [0, 0.05) is 16.9 Å². The van der Waals surface area contributed by atoms with Crippen LogP contribution in [-0.4, -0.2) is 26.8 Å². The zero-order valence-electron chi connectivity index (χ0n) is 12.3. The van der Waals surface area contributed by atoms with Gasteiger partial charge in [0.25, 0.3) is 0 Å². The Labute approximate surface area is 127 Å². The third kappa shape index (κ3) is 3.43. The summed E-state index contributed by atoms with van der Waals surface area (Å²) in [5, 5.41) is 15.7. The molecule has 0 saturated heterocycles. The van der Waals surface area contributed by atoms with E-state index < -0.39 is 0 Å². The van der Waals surface area contributed by atoms with Gasteiger partial charge < -0.3 is 5.32 Å². The average Bonchev–Trinajstić information content (AvgIpc) is 2.80. The van der Waals surface area contributed by atoms with Crippen LogP contribution in [0.2, 0.25) is 0 Å². The minimum absolute atomic E-state index is 0.203. The van der Waals surface area contributed by atoms with Crippen molar-refractivity contribution < 1.29 is 0 Å². The van der Waals surface area contributed by atoms with E-state index in [9.17, 15) is 0 Å². The Morgan fingerprint density at radius 2 is 1.95 bits per heavy atom. The standard InChI is InChI=1S/C14H20BrN5/c1-5-16-12(8-13-17-19-20(4)18-13)11-6-9(2)14(15)10(3)7-11/h6-7,12,16H,5,8H2,1-4H3. The summed E-state index contributed by atoms with van der Waals surface area (Å²) in [6.07, 6.45) is 0.738. The zero-order chi connectivity index (χ0) is 14.7. The molecule has 20 heavy (non-hydrogen) atoms. The minimum atomic E-state index is 0.203. The van der Waals surface area contributed by atoms with Crippen LogP contribution in [0.3, 0.4) is 0 Å². The lowest BCUT2D eigenvalue weighted by molar-refractivity contribution is 0.534. The van der Waals surface area contributed by atoms with Gasteiger partial charge in [-0.05, 0) is 42.3 Å². The second-order valence-electron chi connectivity index (χ2n) is 4.98. The van der Waals surface area contributed by atoms with Crippen LogP contribution >= 0.6 is 15.9 Å². The molecule has 1 unspecified atom stereocenters. The Bertz CT molecular complexity index is 570. The lowest BCUT2D eigenvalue weighted by Crippen LogP contribution is -2.23. The van der Waals surface area contributed by atoms with Crippen LogP contribution in [0.4, 0.5) is 0 Å². The van der Waals surface area contributed by atoms with Gasteiger partial charge in [0.05, 0.1) is 7.05 Å². The maximum Gasteiger partial charge on any atom is 0.176 e. The Hall–Kier alpha value is -1.27. The van der Waals surface area contributed by atoms with E-state index in [1.165, 1.54) is 26.0 Å². The highest BCUT2D eigenvalue weighted by atomic mass is 79.9. The van der Waals surface area contributed by atoms with Gasteiger partial charge in [0.15, 0.2) is 5.82 Å². The lowest BCUT2D eigenvalue weighted by Gasteiger charge is -2.19. The molecule has 0 radical (unpaired) electrons. The second-order valence-corrected chi connectivity index (χ2v) is 5.77. The number of halogens is 1. The first-order valence-electron chi connectivity index (χ1n) is 6.74. The summed E-state index contributed by atoms with van der Waals surface area (Å²) in [7, 11) is 1.78. The average molecular weight is 338 g/mol. The number of tetrazole rings is 1. The minimum Gasteiger partial charge on any atom is -0.310 e. The summed E-state index contributed by atoms with van der Waals surface area (Å²) in [6, 6.07) is 4.62. The largest absolute Gasteiger partial charge is 0.310 e. The van der Waals surface area contributed by atoms with Gasteiger partial charge in [-0.3, -0.25) is 0 Å². The molecule has 0 bridgehead atoms. The van der Waals surface area contributed by atoms with Crippen LogP contribution in [0.15, 0.2) is 16.6 Å². The molecule has 0 amide bonds. The first kappa shape index (κ1) is 15.1. The van der Waals surface area contributed by atoms with Crippen LogP contribution in [0.5, 0.6) is 0 Å². The summed E-state index contributed by atoms with van der Waals surface area (Å²) in [5.41, 5.74) is 3.75. The molecule has 0 saturated carbocycles. The van der Waals surface area contributed by atoms with Crippen molar-refractivity contribution in [2.45, 2.75) is 33.2 Å². The molecule has 5 nitrogen and oxygen atoms in total. The van der Waals surface area contributed by atoms with Crippen molar-refractivity contribution in [2.75, 3.05) is 6.54 Å². The number of aromatic nitrogens is 4. The molecule has 108 valence electrons. The van der Waals surface area contributed by atoms with Crippen molar-refractivity contribution >= 4 is 15.9 Å². The molecule has 0 aliphatic heterocycles. The summed E-state index contributed by atoms with van der Waals surface area (Å²) in [6.45, 7) is 7.24. The van der Waals surface area contributed by atoms with Crippen molar-refractivity contribution in [1.29, 1.82) is 0 Å². The Morgan fingerprint density at radius 3 is 2.45 bits per heavy atom. The third-order valence-electron chi connectivity index (χ3n) is 3.25. The zero-order valence-corrected chi connectivity index (χ0v) is 13.9. The van der Waals surface area contributed by atoms with E-state index >= 15 is 0 Å². The molecule has 0 aliphatic carbocycles. The van der Waals surface area contributed by atoms with Crippen LogP contribution in [0.1, 0.15) is 35.5 Å². The molecular weight excluding hydrogens is 318 g/mol. The molecule has 6 heteroatoms. The number of nitrogens with one attached hydrogen (secondary N) is 1. The van der Waals surface area contributed by atoms with Crippen molar-refractivity contribution in [2.24, 2.45) is 7.05 Å². The molecule has 0 spiro atoms. The van der Waals surface area contributed by atoms with Crippen molar-refractivity contribution in [1.82, 2.24) is 25.5 Å². The fourth-order valence-corrected chi connectivity index (χ4v) is 2.55. The van der Waals surface area contributed by atoms with Crippen LogP contribution in [0, 0.1) is 13.8 Å². The predicted molar refractivity (Wildman–Crippen MR) is 82.5 cm³/mol. The first-order chi connectivity index (χ1) is 9.51. The van der Waals surface area contributed by atoms with Gasteiger partial charge in [-0.1, -0.05) is 35.0 Å². The highest BCUT2D eigenvalue weighted by Crippen LogP contribution is 2.26. The quantitative estimate of drug-likeness (QED) is 0.910. The molecule has 2 aromatic rings. The number of hydrogen-bond donors (Lipinski definition) is 1. The maximum absolute atomic E-state index is 4.27. The van der Waals surface area contributed by atoms with Crippen LogP contribution < -0.4 is 5.32 Å². The fourth-order valence-electron chi connectivity index (χ4n) is 2.32. The van der Waals surface area contributed by atoms with E-state index in [2.05, 4.69) is 69.6 Å². The van der Waals surface area contributed by atoms with Crippen molar-refractivity contribution in [3.05, 3.63) is 39.1 Å². The Balaban J connectivity index is 2.28. The molecular formula is C14H20BrN5. The molecule has 0 fully saturated rings. The highest BCUT2D eigenvalue weighted by Gasteiger charge is 2.16. The SMILES string of the molecule is CCNC(Cc1nnn(C)n1)c1cc(C)c(Br)c(C)c1. The van der Waals surface area contributed by atoms with Crippen LogP contribution in [-0.2, 0) is 13.5 Å². The second kappa shape index (κ2) is 6.45. The normalized spacial score (nSPS) is 12.7. The first-order valence-corrected chi connectivity index (χ1v) is 7.53.